The van der Waals surface area contributed by atoms with Crippen LogP contribution in [0.1, 0.15) is 187 Å². The van der Waals surface area contributed by atoms with E-state index >= 15 is 0 Å². The van der Waals surface area contributed by atoms with Gasteiger partial charge in [0.05, 0.1) is 13.2 Å². The molecule has 0 amide bonds. The Balaban J connectivity index is 4.17. The highest BCUT2D eigenvalue weighted by Gasteiger charge is 2.25. The normalized spacial score (nSPS) is 13.5. The van der Waals surface area contributed by atoms with Gasteiger partial charge in [-0.05, 0) is 32.1 Å². The Labute approximate surface area is 294 Å². The van der Waals surface area contributed by atoms with Gasteiger partial charge in [0.2, 0.25) is 0 Å². The van der Waals surface area contributed by atoms with Crippen LogP contribution in [0.3, 0.4) is 0 Å². The molecule has 3 N–H and O–H groups in total. The lowest BCUT2D eigenvalue weighted by Crippen LogP contribution is -2.29. The highest BCUT2D eigenvalue weighted by Crippen LogP contribution is 2.43. The maximum Gasteiger partial charge on any atom is 0.472 e. The monoisotopic (exact) mass is 704 g/mol. The quantitative estimate of drug-likeness (QED) is 0.0280. The standard InChI is InChI=1S/C38H74NO8P/c1-3-5-7-9-11-13-15-17-18-19-21-22-24-26-28-30-37(40)44-34-36(35-46-48(42,43)45-33-32-39)47-38(41)31-29-27-25-23-20-16-14-12-10-8-6-4-2/h9,11,36H,3-8,10,12-35,39H2,1-2H3,(H,42,43)/b11-9+/t36-/m1/s1. The minimum Gasteiger partial charge on any atom is -0.462 e. The fourth-order valence-electron chi connectivity index (χ4n) is 5.44. The first-order valence-electron chi connectivity index (χ1n) is 19.7. The largest absolute Gasteiger partial charge is 0.472 e. The molecule has 0 rings (SSSR count). The van der Waals surface area contributed by atoms with E-state index in [0.29, 0.717) is 6.42 Å². The number of hydrogen-bond donors (Lipinski definition) is 2. The van der Waals surface area contributed by atoms with Crippen LogP contribution in [0, 0.1) is 0 Å². The van der Waals surface area contributed by atoms with Crippen molar-refractivity contribution >= 4 is 19.8 Å². The van der Waals surface area contributed by atoms with Crippen molar-refractivity contribution in [2.75, 3.05) is 26.4 Å². The van der Waals surface area contributed by atoms with Crippen molar-refractivity contribution < 1.29 is 37.6 Å². The van der Waals surface area contributed by atoms with Crippen molar-refractivity contribution in [3.8, 4) is 0 Å². The number of phosphoric ester groups is 1. The summed E-state index contributed by atoms with van der Waals surface area (Å²) in [7, 11) is -4.36. The van der Waals surface area contributed by atoms with E-state index in [-0.39, 0.29) is 38.6 Å². The van der Waals surface area contributed by atoms with Crippen molar-refractivity contribution in [1.29, 1.82) is 0 Å². The zero-order valence-corrected chi connectivity index (χ0v) is 31.9. The van der Waals surface area contributed by atoms with Crippen molar-refractivity contribution in [1.82, 2.24) is 0 Å². The first-order valence-corrected chi connectivity index (χ1v) is 21.2. The Morgan fingerprint density at radius 3 is 1.54 bits per heavy atom. The molecular weight excluding hydrogens is 629 g/mol. The molecule has 0 heterocycles. The molecule has 0 fully saturated rings. The minimum absolute atomic E-state index is 0.0559. The lowest BCUT2D eigenvalue weighted by atomic mass is 10.0. The number of nitrogens with two attached hydrogens (primary N) is 1. The van der Waals surface area contributed by atoms with Crippen LogP contribution >= 0.6 is 7.82 Å². The molecule has 0 radical (unpaired) electrons. The van der Waals surface area contributed by atoms with E-state index in [0.717, 1.165) is 32.1 Å². The first kappa shape index (κ1) is 46.8. The fraction of sp³-hybridized carbons (Fsp3) is 0.895. The Hall–Kier alpha value is -1.25. The number of carbonyl (C=O) groups is 2. The maximum atomic E-state index is 12.5. The third-order valence-corrected chi connectivity index (χ3v) is 9.39. The number of esters is 2. The molecule has 48 heavy (non-hydrogen) atoms. The Morgan fingerprint density at radius 2 is 1.04 bits per heavy atom. The number of phosphoric acid groups is 1. The highest BCUT2D eigenvalue weighted by atomic mass is 31.2. The summed E-state index contributed by atoms with van der Waals surface area (Å²) in [5.74, 6) is -0.825. The van der Waals surface area contributed by atoms with Crippen LogP contribution in [-0.4, -0.2) is 49.3 Å². The molecule has 0 saturated heterocycles. The number of unbranched alkanes of at least 4 members (excludes halogenated alkanes) is 22. The molecule has 9 nitrogen and oxygen atoms in total. The van der Waals surface area contributed by atoms with Gasteiger partial charge in [-0.15, -0.1) is 0 Å². The lowest BCUT2D eigenvalue weighted by Gasteiger charge is -2.19. The van der Waals surface area contributed by atoms with Crippen LogP contribution in [0.25, 0.3) is 0 Å². The molecular formula is C38H74NO8P. The number of allylic oxidation sites excluding steroid dienone is 2. The second-order valence-corrected chi connectivity index (χ2v) is 14.6. The van der Waals surface area contributed by atoms with E-state index in [4.69, 9.17) is 24.3 Å². The van der Waals surface area contributed by atoms with Gasteiger partial charge in [-0.3, -0.25) is 18.6 Å². The highest BCUT2D eigenvalue weighted by molar-refractivity contribution is 7.47. The van der Waals surface area contributed by atoms with Crippen molar-refractivity contribution in [2.45, 2.75) is 193 Å². The maximum absolute atomic E-state index is 12.5. The van der Waals surface area contributed by atoms with Crippen LogP contribution < -0.4 is 5.73 Å². The first-order chi connectivity index (χ1) is 23.3. The minimum atomic E-state index is -4.36. The summed E-state index contributed by atoms with van der Waals surface area (Å²) in [6.45, 7) is 3.70. The van der Waals surface area contributed by atoms with Crippen molar-refractivity contribution in [2.24, 2.45) is 5.73 Å². The predicted octanol–water partition coefficient (Wildman–Crippen LogP) is 10.7. The van der Waals surface area contributed by atoms with Gasteiger partial charge in [0.25, 0.3) is 0 Å². The van der Waals surface area contributed by atoms with Gasteiger partial charge < -0.3 is 20.1 Å². The summed E-state index contributed by atoms with van der Waals surface area (Å²) >= 11 is 0. The van der Waals surface area contributed by atoms with Gasteiger partial charge in [0.1, 0.15) is 6.61 Å². The molecule has 0 aromatic rings. The molecule has 0 bridgehead atoms. The van der Waals surface area contributed by atoms with E-state index in [1.807, 2.05) is 0 Å². The van der Waals surface area contributed by atoms with Crippen LogP contribution in [0.5, 0.6) is 0 Å². The van der Waals surface area contributed by atoms with E-state index < -0.39 is 26.5 Å². The summed E-state index contributed by atoms with van der Waals surface area (Å²) in [5, 5.41) is 0. The fourth-order valence-corrected chi connectivity index (χ4v) is 6.20. The SMILES string of the molecule is CCCC/C=C/CCCCCCCCCCCC(=O)OC[C@H](COP(=O)(O)OCCN)OC(=O)CCCCCCCCCCCCCC. The number of rotatable bonds is 37. The number of carbonyl (C=O) groups excluding carboxylic acids is 2. The second-order valence-electron chi connectivity index (χ2n) is 13.2. The average molecular weight is 704 g/mol. The van der Waals surface area contributed by atoms with Gasteiger partial charge in [-0.2, -0.15) is 0 Å². The molecule has 0 spiro atoms. The van der Waals surface area contributed by atoms with Gasteiger partial charge in [-0.25, -0.2) is 4.57 Å². The van der Waals surface area contributed by atoms with Crippen LogP contribution in [0.2, 0.25) is 0 Å². The Morgan fingerprint density at radius 1 is 0.604 bits per heavy atom. The van der Waals surface area contributed by atoms with Gasteiger partial charge in [-0.1, -0.05) is 154 Å². The molecule has 0 saturated carbocycles. The molecule has 0 aliphatic heterocycles. The molecule has 284 valence electrons. The van der Waals surface area contributed by atoms with Crippen LogP contribution in [-0.2, 0) is 32.7 Å². The predicted molar refractivity (Wildman–Crippen MR) is 197 cm³/mol. The number of ether oxygens (including phenoxy) is 2. The molecule has 1 unspecified atom stereocenters. The Kier molecular flexibility index (Phi) is 34.6. The third kappa shape index (κ3) is 34.6. The zero-order chi connectivity index (χ0) is 35.4. The topological polar surface area (TPSA) is 134 Å². The van der Waals surface area contributed by atoms with Crippen LogP contribution in [0.4, 0.5) is 0 Å². The lowest BCUT2D eigenvalue weighted by molar-refractivity contribution is -0.161. The summed E-state index contributed by atoms with van der Waals surface area (Å²) in [5.41, 5.74) is 5.33. The molecule has 0 aromatic carbocycles. The molecule has 0 aromatic heterocycles. The van der Waals surface area contributed by atoms with Crippen molar-refractivity contribution in [3.63, 3.8) is 0 Å². The third-order valence-electron chi connectivity index (χ3n) is 8.40. The number of hydrogen-bond acceptors (Lipinski definition) is 8. The van der Waals surface area contributed by atoms with E-state index in [2.05, 4.69) is 26.0 Å². The summed E-state index contributed by atoms with van der Waals surface area (Å²) in [4.78, 5) is 34.7. The van der Waals surface area contributed by atoms with E-state index in [1.54, 1.807) is 0 Å². The van der Waals surface area contributed by atoms with E-state index in [9.17, 15) is 19.0 Å². The average Bonchev–Trinajstić information content (AvgIpc) is 3.07. The molecule has 0 aliphatic rings. The van der Waals surface area contributed by atoms with Gasteiger partial charge >= 0.3 is 19.8 Å². The van der Waals surface area contributed by atoms with Gasteiger partial charge in [0, 0.05) is 19.4 Å². The summed E-state index contributed by atoms with van der Waals surface area (Å²) in [6.07, 6.45) is 33.8. The second kappa shape index (κ2) is 35.6. The van der Waals surface area contributed by atoms with Gasteiger partial charge in [0.15, 0.2) is 6.10 Å². The van der Waals surface area contributed by atoms with Crippen LogP contribution in [0.15, 0.2) is 12.2 Å². The summed E-state index contributed by atoms with van der Waals surface area (Å²) in [6, 6.07) is 0. The molecule has 2 atom stereocenters. The zero-order valence-electron chi connectivity index (χ0n) is 31.0. The van der Waals surface area contributed by atoms with Crippen molar-refractivity contribution in [3.05, 3.63) is 12.2 Å². The molecule has 0 aliphatic carbocycles. The molecule has 10 heteroatoms. The summed E-state index contributed by atoms with van der Waals surface area (Å²) < 4.78 is 32.7. The smallest absolute Gasteiger partial charge is 0.462 e. The van der Waals surface area contributed by atoms with E-state index in [1.165, 1.54) is 122 Å². The Bertz CT molecular complexity index is 810.